The zero-order valence-corrected chi connectivity index (χ0v) is 6.77. The molecule has 1 unspecified atom stereocenters. The summed E-state index contributed by atoms with van der Waals surface area (Å²) in [4.78, 5) is 0. The molecule has 0 rings (SSSR count). The van der Waals surface area contributed by atoms with Crippen LogP contribution in [0.5, 0.6) is 0 Å². The maximum absolute atomic E-state index is 5.48. The molecule has 0 aromatic rings. The van der Waals surface area contributed by atoms with E-state index in [-0.39, 0.29) is 5.48 Å². The van der Waals surface area contributed by atoms with Crippen molar-refractivity contribution < 1.29 is 5.48 Å². The minimum Gasteiger partial charge on any atom is -0.412 e. The van der Waals surface area contributed by atoms with Crippen molar-refractivity contribution in [2.24, 2.45) is 17.4 Å². The molecule has 3 heteroatoms. The van der Waals surface area contributed by atoms with Gasteiger partial charge < -0.3 is 16.9 Å². The van der Waals surface area contributed by atoms with Gasteiger partial charge in [-0.3, -0.25) is 0 Å². The van der Waals surface area contributed by atoms with Gasteiger partial charge in [-0.1, -0.05) is 13.3 Å². The maximum Gasteiger partial charge on any atom is -0.00490 e. The third-order valence-corrected chi connectivity index (χ3v) is 1.73. The summed E-state index contributed by atoms with van der Waals surface area (Å²) >= 11 is 0. The Hall–Kier alpha value is -0.120. The molecule has 0 aliphatic rings. The smallest absolute Gasteiger partial charge is 0.00490 e. The minimum absolute atomic E-state index is 0. The van der Waals surface area contributed by atoms with Crippen molar-refractivity contribution in [2.75, 3.05) is 13.1 Å². The maximum atomic E-state index is 5.48. The average Bonchev–Trinajstić information content (AvgIpc) is 1.91. The topological polar surface area (TPSA) is 83.5 Å². The van der Waals surface area contributed by atoms with E-state index in [0.717, 1.165) is 19.5 Å². The number of rotatable bonds is 5. The zero-order valence-electron chi connectivity index (χ0n) is 6.77. The first-order chi connectivity index (χ1) is 4.35. The molecule has 0 bridgehead atoms. The van der Waals surface area contributed by atoms with Crippen LogP contribution in [0.3, 0.4) is 0 Å². The fourth-order valence-corrected chi connectivity index (χ4v) is 0.895. The van der Waals surface area contributed by atoms with Crippen molar-refractivity contribution in [3.05, 3.63) is 0 Å². The standard InChI is InChI=1S/C7H18N2.H2O/c1-2-7(6-9)4-3-5-8;/h7H,2-6,8-9H2,1H3;1H2. The first kappa shape index (κ1) is 12.5. The van der Waals surface area contributed by atoms with E-state index in [1.165, 1.54) is 12.8 Å². The van der Waals surface area contributed by atoms with Gasteiger partial charge in [0.2, 0.25) is 0 Å². The van der Waals surface area contributed by atoms with Crippen LogP contribution in [0.1, 0.15) is 26.2 Å². The van der Waals surface area contributed by atoms with E-state index in [1.54, 1.807) is 0 Å². The molecule has 0 aliphatic heterocycles. The van der Waals surface area contributed by atoms with Gasteiger partial charge in [0.05, 0.1) is 0 Å². The summed E-state index contributed by atoms with van der Waals surface area (Å²) in [6.07, 6.45) is 3.51. The highest BCUT2D eigenvalue weighted by atomic mass is 16.0. The van der Waals surface area contributed by atoms with Crippen molar-refractivity contribution in [3.63, 3.8) is 0 Å². The molecule has 0 radical (unpaired) electrons. The first-order valence-corrected chi connectivity index (χ1v) is 3.75. The lowest BCUT2D eigenvalue weighted by atomic mass is 10.0. The van der Waals surface area contributed by atoms with Crippen molar-refractivity contribution in [3.8, 4) is 0 Å². The Balaban J connectivity index is 0. The summed E-state index contributed by atoms with van der Waals surface area (Å²) in [7, 11) is 0. The normalized spacial score (nSPS) is 12.3. The van der Waals surface area contributed by atoms with E-state index < -0.39 is 0 Å². The molecule has 0 spiro atoms. The van der Waals surface area contributed by atoms with Gasteiger partial charge in [-0.2, -0.15) is 0 Å². The molecule has 6 N–H and O–H groups in total. The fourth-order valence-electron chi connectivity index (χ4n) is 0.895. The highest BCUT2D eigenvalue weighted by Crippen LogP contribution is 2.07. The van der Waals surface area contributed by atoms with Gasteiger partial charge in [-0.05, 0) is 31.8 Å². The number of hydrogen-bond donors (Lipinski definition) is 2. The Bertz CT molecular complexity index is 55.6. The molecule has 0 fully saturated rings. The van der Waals surface area contributed by atoms with Crippen LogP contribution in [0.4, 0.5) is 0 Å². The van der Waals surface area contributed by atoms with E-state index >= 15 is 0 Å². The second-order valence-electron chi connectivity index (χ2n) is 2.44. The van der Waals surface area contributed by atoms with E-state index in [9.17, 15) is 0 Å². The van der Waals surface area contributed by atoms with Gasteiger partial charge >= 0.3 is 0 Å². The van der Waals surface area contributed by atoms with Crippen LogP contribution in [0.15, 0.2) is 0 Å². The average molecular weight is 148 g/mol. The molecule has 0 aromatic carbocycles. The molecular formula is C7H20N2O. The summed E-state index contributed by atoms with van der Waals surface area (Å²) in [5, 5.41) is 0. The second-order valence-corrected chi connectivity index (χ2v) is 2.44. The molecule has 3 nitrogen and oxygen atoms in total. The highest BCUT2D eigenvalue weighted by molar-refractivity contribution is 4.57. The predicted octanol–water partition coefficient (Wildman–Crippen LogP) is -0.114. The van der Waals surface area contributed by atoms with Crippen molar-refractivity contribution in [1.29, 1.82) is 0 Å². The van der Waals surface area contributed by atoms with Gasteiger partial charge in [0, 0.05) is 0 Å². The third-order valence-electron chi connectivity index (χ3n) is 1.73. The fraction of sp³-hybridized carbons (Fsp3) is 1.00. The first-order valence-electron chi connectivity index (χ1n) is 3.75. The monoisotopic (exact) mass is 148 g/mol. The molecule has 64 valence electrons. The third kappa shape index (κ3) is 6.01. The summed E-state index contributed by atoms with van der Waals surface area (Å²) in [5.41, 5.74) is 10.8. The molecule has 0 heterocycles. The van der Waals surface area contributed by atoms with Crippen molar-refractivity contribution >= 4 is 0 Å². The van der Waals surface area contributed by atoms with Crippen molar-refractivity contribution in [1.82, 2.24) is 0 Å². The predicted molar refractivity (Wildman–Crippen MR) is 44.7 cm³/mol. The Kier molecular flexibility index (Phi) is 11.1. The van der Waals surface area contributed by atoms with E-state index in [1.807, 2.05) is 0 Å². The lowest BCUT2D eigenvalue weighted by molar-refractivity contribution is 0.468. The molecule has 10 heavy (non-hydrogen) atoms. The molecule has 0 aliphatic carbocycles. The highest BCUT2D eigenvalue weighted by Gasteiger charge is 2.00. The molecule has 1 atom stereocenters. The molecule has 0 saturated carbocycles. The molecule has 0 aromatic heterocycles. The van der Waals surface area contributed by atoms with Gasteiger partial charge in [0.1, 0.15) is 0 Å². The van der Waals surface area contributed by atoms with Crippen LogP contribution in [-0.4, -0.2) is 18.6 Å². The van der Waals surface area contributed by atoms with E-state index in [4.69, 9.17) is 11.5 Å². The largest absolute Gasteiger partial charge is 0.412 e. The number of hydrogen-bond acceptors (Lipinski definition) is 2. The quantitative estimate of drug-likeness (QED) is 0.570. The summed E-state index contributed by atoms with van der Waals surface area (Å²) in [5.74, 6) is 0.702. The molecule has 0 saturated heterocycles. The van der Waals surface area contributed by atoms with Gasteiger partial charge in [0.15, 0.2) is 0 Å². The SMILES string of the molecule is CCC(CN)CCCN.O. The Morgan fingerprint density at radius 1 is 1.30 bits per heavy atom. The molecular weight excluding hydrogens is 128 g/mol. The Morgan fingerprint density at radius 3 is 2.20 bits per heavy atom. The Morgan fingerprint density at radius 2 is 1.90 bits per heavy atom. The van der Waals surface area contributed by atoms with E-state index in [2.05, 4.69) is 6.92 Å². The van der Waals surface area contributed by atoms with E-state index in [0.29, 0.717) is 5.92 Å². The lowest BCUT2D eigenvalue weighted by Gasteiger charge is -2.09. The van der Waals surface area contributed by atoms with Crippen LogP contribution in [-0.2, 0) is 0 Å². The van der Waals surface area contributed by atoms with Crippen LogP contribution < -0.4 is 11.5 Å². The van der Waals surface area contributed by atoms with Gasteiger partial charge in [0.25, 0.3) is 0 Å². The van der Waals surface area contributed by atoms with Gasteiger partial charge in [-0.25, -0.2) is 0 Å². The van der Waals surface area contributed by atoms with Crippen molar-refractivity contribution in [2.45, 2.75) is 26.2 Å². The van der Waals surface area contributed by atoms with Gasteiger partial charge in [-0.15, -0.1) is 0 Å². The Labute approximate surface area is 63.1 Å². The van der Waals surface area contributed by atoms with Crippen LogP contribution >= 0.6 is 0 Å². The van der Waals surface area contributed by atoms with Crippen LogP contribution in [0.2, 0.25) is 0 Å². The summed E-state index contributed by atoms with van der Waals surface area (Å²) in [6, 6.07) is 0. The minimum atomic E-state index is 0. The summed E-state index contributed by atoms with van der Waals surface area (Å²) in [6.45, 7) is 3.79. The van der Waals surface area contributed by atoms with Crippen LogP contribution in [0.25, 0.3) is 0 Å². The second kappa shape index (κ2) is 8.88. The lowest BCUT2D eigenvalue weighted by Crippen LogP contribution is -2.14. The van der Waals surface area contributed by atoms with Crippen LogP contribution in [0, 0.1) is 5.92 Å². The number of nitrogens with two attached hydrogens (primary N) is 2. The summed E-state index contributed by atoms with van der Waals surface area (Å²) < 4.78 is 0. The zero-order chi connectivity index (χ0) is 7.11. The molecule has 0 amide bonds.